The van der Waals surface area contributed by atoms with E-state index in [1.54, 1.807) is 0 Å². The Kier molecular flexibility index (Phi) is 4.41. The zero-order chi connectivity index (χ0) is 17.5. The number of aliphatic carboxylic acids is 1. The molecule has 0 unspecified atom stereocenters. The number of nitrogens with zero attached hydrogens (tertiary/aromatic N) is 2. The Morgan fingerprint density at radius 3 is 2.54 bits per heavy atom. The van der Waals surface area contributed by atoms with Crippen LogP contribution in [0.25, 0.3) is 0 Å². The van der Waals surface area contributed by atoms with E-state index in [0.717, 1.165) is 29.9 Å². The van der Waals surface area contributed by atoms with Crippen molar-refractivity contribution in [3.8, 4) is 0 Å². The normalized spacial score (nSPS) is 24.7. The van der Waals surface area contributed by atoms with Crippen molar-refractivity contribution in [2.75, 3.05) is 18.4 Å². The van der Waals surface area contributed by atoms with Gasteiger partial charge < -0.3 is 10.0 Å². The summed E-state index contributed by atoms with van der Waals surface area (Å²) in [5, 5.41) is 13.6. The van der Waals surface area contributed by atoms with Crippen molar-refractivity contribution in [2.24, 2.45) is 11.8 Å². The van der Waals surface area contributed by atoms with Gasteiger partial charge in [-0.3, -0.25) is 10.1 Å². The molecule has 2 aliphatic rings. The quantitative estimate of drug-likeness (QED) is 0.864. The topological polar surface area (TPSA) is 82.5 Å². The fraction of sp³-hybridized carbons (Fsp3) is 0.643. The number of nitrogens with one attached hydrogen (secondary N) is 1. The maximum Gasteiger partial charge on any atom is 0.394 e. The summed E-state index contributed by atoms with van der Waals surface area (Å²) in [6.07, 6.45) is -1.41. The van der Waals surface area contributed by atoms with Gasteiger partial charge in [0.1, 0.15) is 0 Å². The first-order valence-electron chi connectivity index (χ1n) is 7.56. The molecule has 24 heavy (non-hydrogen) atoms. The second-order valence-electron chi connectivity index (χ2n) is 6.13. The number of hydrogen-bond donors (Lipinski definition) is 2. The highest BCUT2D eigenvalue weighted by molar-refractivity contribution is 7.13. The van der Waals surface area contributed by atoms with Crippen molar-refractivity contribution in [1.82, 2.24) is 9.88 Å². The highest BCUT2D eigenvalue weighted by atomic mass is 32.1. The number of alkyl halides is 3. The van der Waals surface area contributed by atoms with Crippen molar-refractivity contribution in [3.63, 3.8) is 0 Å². The molecule has 1 aliphatic heterocycles. The zero-order valence-corrected chi connectivity index (χ0v) is 13.4. The summed E-state index contributed by atoms with van der Waals surface area (Å²) in [5.74, 6) is -4.85. The molecule has 2 heterocycles. The molecule has 0 aromatic carbocycles. The molecule has 0 spiro atoms. The highest BCUT2D eigenvalue weighted by Crippen LogP contribution is 2.39. The third-order valence-electron chi connectivity index (χ3n) is 4.60. The van der Waals surface area contributed by atoms with E-state index in [9.17, 15) is 22.8 Å². The molecule has 0 bridgehead atoms. The summed E-state index contributed by atoms with van der Waals surface area (Å²) in [6.45, 7) is -1.13. The van der Waals surface area contributed by atoms with Crippen LogP contribution in [0.5, 0.6) is 0 Å². The van der Waals surface area contributed by atoms with Gasteiger partial charge in [-0.15, -0.1) is 11.3 Å². The number of carbonyl (C=O) groups excluding carboxylic acids is 1. The fourth-order valence-corrected chi connectivity index (χ4v) is 3.74. The second kappa shape index (κ2) is 6.23. The lowest BCUT2D eigenvalue weighted by molar-refractivity contribution is -0.187. The zero-order valence-electron chi connectivity index (χ0n) is 12.5. The number of hydrogen-bond acceptors (Lipinski definition) is 4. The molecule has 1 aromatic heterocycles. The lowest BCUT2D eigenvalue weighted by Crippen LogP contribution is -2.35. The van der Waals surface area contributed by atoms with Gasteiger partial charge in [0.15, 0.2) is 5.13 Å². The molecule has 1 aliphatic carbocycles. The van der Waals surface area contributed by atoms with Gasteiger partial charge in [0.25, 0.3) is 0 Å². The number of halogens is 3. The van der Waals surface area contributed by atoms with Gasteiger partial charge in [0.05, 0.1) is 17.5 Å². The first-order chi connectivity index (χ1) is 11.3. The van der Waals surface area contributed by atoms with Crippen LogP contribution in [0.15, 0.2) is 5.38 Å². The Hall–Kier alpha value is -1.84. The molecular formula is C14H16F3N3O3S. The van der Waals surface area contributed by atoms with Crippen molar-refractivity contribution in [3.05, 3.63) is 11.1 Å². The number of likely N-dealkylation sites (tertiary alicyclic amines) is 1. The number of thiazole rings is 1. The molecule has 3 rings (SSSR count). The molecule has 1 aromatic rings. The molecule has 2 atom stereocenters. The van der Waals surface area contributed by atoms with E-state index in [2.05, 4.69) is 10.3 Å². The number of anilines is 1. The van der Waals surface area contributed by atoms with Crippen molar-refractivity contribution < 1.29 is 27.9 Å². The average molecular weight is 363 g/mol. The molecule has 2 fully saturated rings. The van der Waals surface area contributed by atoms with Crippen LogP contribution in [0.2, 0.25) is 0 Å². The van der Waals surface area contributed by atoms with Crippen LogP contribution in [-0.2, 0) is 4.79 Å². The van der Waals surface area contributed by atoms with Crippen LogP contribution >= 0.6 is 11.3 Å². The largest absolute Gasteiger partial charge is 0.481 e. The van der Waals surface area contributed by atoms with Crippen LogP contribution in [-0.4, -0.2) is 46.3 Å². The Morgan fingerprint density at radius 1 is 1.33 bits per heavy atom. The lowest BCUT2D eigenvalue weighted by Gasteiger charge is -2.23. The molecule has 2 N–H and O–H groups in total. The van der Waals surface area contributed by atoms with Crippen LogP contribution in [0.3, 0.4) is 0 Å². The number of aromatic nitrogens is 1. The van der Waals surface area contributed by atoms with Crippen LogP contribution in [0.1, 0.15) is 30.9 Å². The van der Waals surface area contributed by atoms with Crippen LogP contribution in [0, 0.1) is 11.8 Å². The van der Waals surface area contributed by atoms with Crippen LogP contribution in [0.4, 0.5) is 23.1 Å². The number of amides is 2. The molecular weight excluding hydrogens is 347 g/mol. The SMILES string of the molecule is O=C(O)[C@@H]1CN(C(=O)Nc2nc(C3CCC3)cs2)C[C@H]1C(F)(F)F. The monoisotopic (exact) mass is 363 g/mol. The Labute approximate surface area is 139 Å². The Bertz CT molecular complexity index is 645. The van der Waals surface area contributed by atoms with Gasteiger partial charge in [-0.2, -0.15) is 13.2 Å². The minimum atomic E-state index is -4.66. The van der Waals surface area contributed by atoms with E-state index in [1.807, 2.05) is 5.38 Å². The summed E-state index contributed by atoms with van der Waals surface area (Å²) in [6, 6.07) is -0.748. The van der Waals surface area contributed by atoms with E-state index < -0.39 is 43.1 Å². The number of carbonyl (C=O) groups is 2. The summed E-state index contributed by atoms with van der Waals surface area (Å²) < 4.78 is 38.8. The van der Waals surface area contributed by atoms with Gasteiger partial charge in [-0.1, -0.05) is 6.42 Å². The standard InChI is InChI=1S/C14H16F3N3O3S/c15-14(16,17)9-5-20(4-8(9)11(21)22)13(23)19-12-18-10(6-24-12)7-2-1-3-7/h6-9H,1-5H2,(H,21,22)(H,18,19,23)/t8-,9-/m1/s1. The molecule has 10 heteroatoms. The first kappa shape index (κ1) is 17.0. The first-order valence-corrected chi connectivity index (χ1v) is 8.44. The number of urea groups is 1. The Balaban J connectivity index is 1.64. The van der Waals surface area contributed by atoms with Gasteiger partial charge in [0, 0.05) is 24.4 Å². The van der Waals surface area contributed by atoms with Gasteiger partial charge in [0.2, 0.25) is 0 Å². The van der Waals surface area contributed by atoms with Crippen molar-refractivity contribution in [1.29, 1.82) is 0 Å². The smallest absolute Gasteiger partial charge is 0.394 e. The van der Waals surface area contributed by atoms with Gasteiger partial charge in [-0.25, -0.2) is 9.78 Å². The van der Waals surface area contributed by atoms with Crippen molar-refractivity contribution in [2.45, 2.75) is 31.4 Å². The third-order valence-corrected chi connectivity index (χ3v) is 5.38. The van der Waals surface area contributed by atoms with E-state index in [1.165, 1.54) is 11.3 Å². The summed E-state index contributed by atoms with van der Waals surface area (Å²) in [4.78, 5) is 28.4. The molecule has 132 valence electrons. The minimum Gasteiger partial charge on any atom is -0.481 e. The van der Waals surface area contributed by atoms with E-state index in [0.29, 0.717) is 11.0 Å². The molecule has 1 saturated carbocycles. The predicted octanol–water partition coefficient (Wildman–Crippen LogP) is 3.14. The maximum atomic E-state index is 12.9. The van der Waals surface area contributed by atoms with E-state index in [-0.39, 0.29) is 0 Å². The van der Waals surface area contributed by atoms with Crippen LogP contribution < -0.4 is 5.32 Å². The minimum absolute atomic E-state index is 0.323. The summed E-state index contributed by atoms with van der Waals surface area (Å²) >= 11 is 1.22. The molecule has 6 nitrogen and oxygen atoms in total. The van der Waals surface area contributed by atoms with E-state index >= 15 is 0 Å². The number of carboxylic acid groups (broad SMARTS) is 1. The summed E-state index contributed by atoms with van der Waals surface area (Å²) in [7, 11) is 0. The highest BCUT2D eigenvalue weighted by Gasteiger charge is 2.53. The molecule has 2 amide bonds. The van der Waals surface area contributed by atoms with Crippen molar-refractivity contribution >= 4 is 28.5 Å². The number of rotatable bonds is 3. The Morgan fingerprint density at radius 2 is 2.04 bits per heavy atom. The predicted molar refractivity (Wildman–Crippen MR) is 80.0 cm³/mol. The van der Waals surface area contributed by atoms with Gasteiger partial charge in [-0.05, 0) is 12.8 Å². The molecule has 0 radical (unpaired) electrons. The summed E-state index contributed by atoms with van der Waals surface area (Å²) in [5.41, 5.74) is 0.888. The number of carboxylic acids is 1. The maximum absolute atomic E-state index is 12.9. The lowest BCUT2D eigenvalue weighted by atomic mass is 9.83. The van der Waals surface area contributed by atoms with Gasteiger partial charge >= 0.3 is 18.2 Å². The third kappa shape index (κ3) is 3.33. The van der Waals surface area contributed by atoms with E-state index in [4.69, 9.17) is 5.11 Å². The fourth-order valence-electron chi connectivity index (χ4n) is 2.96. The average Bonchev–Trinajstić information content (AvgIpc) is 3.02. The molecule has 1 saturated heterocycles. The second-order valence-corrected chi connectivity index (χ2v) is 6.99.